The van der Waals surface area contributed by atoms with Gasteiger partial charge in [-0.15, -0.1) is 0 Å². The van der Waals surface area contributed by atoms with Crippen LogP contribution in [0.1, 0.15) is 13.3 Å². The number of amides is 2. The molecule has 9 heteroatoms. The molecule has 0 fully saturated rings. The van der Waals surface area contributed by atoms with Crippen LogP contribution in [0.15, 0.2) is 42.5 Å². The largest absolute Gasteiger partial charge is 0.500 e. The first kappa shape index (κ1) is 23.8. The van der Waals surface area contributed by atoms with E-state index in [2.05, 4.69) is 11.9 Å². The van der Waals surface area contributed by atoms with E-state index in [9.17, 15) is 9.59 Å². The van der Waals surface area contributed by atoms with Crippen molar-refractivity contribution in [3.8, 4) is 0 Å². The topological polar surface area (TPSA) is 86.3 Å². The summed E-state index contributed by atoms with van der Waals surface area (Å²) in [5.41, 5.74) is 1.08. The summed E-state index contributed by atoms with van der Waals surface area (Å²) in [5.74, 6) is -0.478. The minimum Gasteiger partial charge on any atom is -0.460 e. The van der Waals surface area contributed by atoms with Crippen molar-refractivity contribution in [3.05, 3.63) is 42.5 Å². The Bertz CT molecular complexity index is 628. The number of esters is 1. The predicted molar refractivity (Wildman–Crippen MR) is 109 cm³/mol. The van der Waals surface area contributed by atoms with Gasteiger partial charge in [0.25, 0.3) is 0 Å². The molecule has 8 nitrogen and oxygen atoms in total. The molecule has 2 amide bonds. The van der Waals surface area contributed by atoms with E-state index in [0.29, 0.717) is 24.6 Å². The number of hydrogen-bond acceptors (Lipinski definition) is 6. The number of nitrogens with one attached hydrogen (secondary N) is 1. The number of ether oxygens (including phenoxy) is 1. The Morgan fingerprint density at radius 1 is 1.11 bits per heavy atom. The Hall–Kier alpha value is -2.20. The summed E-state index contributed by atoms with van der Waals surface area (Å²) in [6.07, 6.45) is 0.634. The van der Waals surface area contributed by atoms with Gasteiger partial charge in [-0.1, -0.05) is 24.8 Å². The number of rotatable bonds is 12. The molecule has 0 saturated heterocycles. The quantitative estimate of drug-likeness (QED) is 0.247. The Balaban J connectivity index is 2.66. The molecule has 0 aliphatic carbocycles. The third kappa shape index (κ3) is 7.43. The lowest BCUT2D eigenvalue weighted by Crippen LogP contribution is -2.45. The van der Waals surface area contributed by atoms with Crippen LogP contribution >= 0.6 is 0 Å². The van der Waals surface area contributed by atoms with Crippen molar-refractivity contribution < 1.29 is 27.6 Å². The van der Waals surface area contributed by atoms with Gasteiger partial charge >= 0.3 is 20.8 Å². The lowest BCUT2D eigenvalue weighted by molar-refractivity contribution is -0.138. The van der Waals surface area contributed by atoms with Crippen LogP contribution in [0.4, 0.5) is 10.5 Å². The molecule has 0 unspecified atom stereocenters. The van der Waals surface area contributed by atoms with Crippen molar-refractivity contribution in [3.63, 3.8) is 0 Å². The molecular weight excluding hydrogens is 380 g/mol. The molecule has 0 radical (unpaired) electrons. The summed E-state index contributed by atoms with van der Waals surface area (Å²) in [5, 5.41) is 2.76. The summed E-state index contributed by atoms with van der Waals surface area (Å²) in [4.78, 5) is 25.7. The number of carbonyl (C=O) groups is 2. The highest BCUT2D eigenvalue weighted by molar-refractivity contribution is 6.60. The van der Waals surface area contributed by atoms with Crippen LogP contribution in [0.3, 0.4) is 0 Å². The fraction of sp³-hybridized carbons (Fsp3) is 0.474. The van der Waals surface area contributed by atoms with E-state index in [-0.39, 0.29) is 19.2 Å². The Morgan fingerprint density at radius 3 is 2.25 bits per heavy atom. The molecule has 1 aromatic rings. The third-order valence-electron chi connectivity index (χ3n) is 4.07. The molecule has 1 aromatic carbocycles. The lowest BCUT2D eigenvalue weighted by Gasteiger charge is -2.27. The van der Waals surface area contributed by atoms with Crippen LogP contribution in [0.5, 0.6) is 0 Å². The molecule has 0 atom stereocenters. The molecular formula is C19H30N2O6Si. The van der Waals surface area contributed by atoms with Gasteiger partial charge < -0.3 is 23.3 Å². The molecule has 1 N–H and O–H groups in total. The molecule has 156 valence electrons. The minimum atomic E-state index is -2.70. The van der Waals surface area contributed by atoms with Crippen LogP contribution in [0.2, 0.25) is 6.04 Å². The van der Waals surface area contributed by atoms with Crippen LogP contribution in [-0.4, -0.2) is 61.8 Å². The Kier molecular flexibility index (Phi) is 10.5. The van der Waals surface area contributed by atoms with Gasteiger partial charge in [0.2, 0.25) is 0 Å². The smallest absolute Gasteiger partial charge is 0.460 e. The van der Waals surface area contributed by atoms with Gasteiger partial charge in [0.05, 0.1) is 6.54 Å². The second-order valence-corrected chi connectivity index (χ2v) is 9.13. The number of hydrogen-bond donors (Lipinski definition) is 1. The fourth-order valence-corrected chi connectivity index (χ4v) is 4.19. The summed E-state index contributed by atoms with van der Waals surface area (Å²) in [7, 11) is 1.99. The maximum Gasteiger partial charge on any atom is 0.500 e. The molecule has 0 saturated carbocycles. The summed E-state index contributed by atoms with van der Waals surface area (Å²) < 4.78 is 21.3. The van der Waals surface area contributed by atoms with Crippen LogP contribution in [0, 0.1) is 0 Å². The van der Waals surface area contributed by atoms with Gasteiger partial charge in [0.1, 0.15) is 6.61 Å². The third-order valence-corrected chi connectivity index (χ3v) is 6.90. The van der Waals surface area contributed by atoms with E-state index in [1.807, 2.05) is 30.3 Å². The lowest BCUT2D eigenvalue weighted by atomic mass is 10.3. The van der Waals surface area contributed by atoms with Gasteiger partial charge in [0.15, 0.2) is 0 Å². The van der Waals surface area contributed by atoms with Crippen molar-refractivity contribution >= 4 is 26.5 Å². The maximum absolute atomic E-state index is 12.7. The van der Waals surface area contributed by atoms with E-state index in [1.165, 1.54) is 0 Å². The SMILES string of the molecule is C=C(C)C(=O)OCCNC(=O)N(CCC[Si](OC)(OC)OC)c1ccccc1. The fourth-order valence-electron chi connectivity index (χ4n) is 2.49. The molecule has 0 aliphatic rings. The monoisotopic (exact) mass is 410 g/mol. The van der Waals surface area contributed by atoms with Gasteiger partial charge in [-0.25, -0.2) is 9.59 Å². The van der Waals surface area contributed by atoms with Crippen LogP contribution < -0.4 is 10.2 Å². The molecule has 0 spiro atoms. The van der Waals surface area contributed by atoms with Crippen molar-refractivity contribution in [2.24, 2.45) is 0 Å². The average molecular weight is 411 g/mol. The normalized spacial score (nSPS) is 11.0. The van der Waals surface area contributed by atoms with Crippen molar-refractivity contribution in [2.45, 2.75) is 19.4 Å². The minimum absolute atomic E-state index is 0.0765. The molecule has 0 heterocycles. The zero-order chi connectivity index (χ0) is 21.0. The zero-order valence-electron chi connectivity index (χ0n) is 17.0. The highest BCUT2D eigenvalue weighted by Gasteiger charge is 2.37. The molecule has 0 bridgehead atoms. The van der Waals surface area contributed by atoms with E-state index in [0.717, 1.165) is 5.69 Å². The van der Waals surface area contributed by atoms with Gasteiger partial charge in [-0.2, -0.15) is 0 Å². The molecule has 28 heavy (non-hydrogen) atoms. The second-order valence-electron chi connectivity index (χ2n) is 6.03. The summed E-state index contributed by atoms with van der Waals surface area (Å²) in [6, 6.07) is 9.62. The summed E-state index contributed by atoms with van der Waals surface area (Å²) in [6.45, 7) is 5.81. The van der Waals surface area contributed by atoms with Gasteiger partial charge in [0, 0.05) is 45.2 Å². The number of para-hydroxylation sites is 1. The first-order valence-corrected chi connectivity index (χ1v) is 10.9. The second kappa shape index (κ2) is 12.3. The summed E-state index contributed by atoms with van der Waals surface area (Å²) >= 11 is 0. The Labute approximate surface area is 167 Å². The molecule has 0 aromatic heterocycles. The van der Waals surface area contributed by atoms with E-state index in [4.69, 9.17) is 18.0 Å². The number of benzene rings is 1. The number of nitrogens with zero attached hydrogens (tertiary/aromatic N) is 1. The van der Waals surface area contributed by atoms with Crippen molar-refractivity contribution in [1.82, 2.24) is 5.32 Å². The Morgan fingerprint density at radius 2 is 1.71 bits per heavy atom. The number of urea groups is 1. The number of carbonyl (C=O) groups excluding carboxylic acids is 2. The van der Waals surface area contributed by atoms with E-state index >= 15 is 0 Å². The average Bonchev–Trinajstić information content (AvgIpc) is 2.72. The zero-order valence-corrected chi connectivity index (χ0v) is 18.0. The molecule has 0 aliphatic heterocycles. The van der Waals surface area contributed by atoms with E-state index in [1.54, 1.807) is 33.2 Å². The highest BCUT2D eigenvalue weighted by Crippen LogP contribution is 2.19. The molecule has 1 rings (SSSR count). The van der Waals surface area contributed by atoms with Crippen LogP contribution in [-0.2, 0) is 22.8 Å². The van der Waals surface area contributed by atoms with Crippen LogP contribution in [0.25, 0.3) is 0 Å². The van der Waals surface area contributed by atoms with Gasteiger partial charge in [-0.05, 0) is 25.5 Å². The number of anilines is 1. The van der Waals surface area contributed by atoms with E-state index < -0.39 is 14.8 Å². The van der Waals surface area contributed by atoms with Gasteiger partial charge in [-0.3, -0.25) is 4.90 Å². The maximum atomic E-state index is 12.7. The first-order valence-electron chi connectivity index (χ1n) is 8.97. The standard InChI is InChI=1S/C19H30N2O6Si/c1-16(2)18(22)27-14-12-20-19(23)21(17-10-7-6-8-11-17)13-9-15-28(24-3,25-4)26-5/h6-8,10-11H,1,9,12-15H2,2-5H3,(H,20,23). The highest BCUT2D eigenvalue weighted by atomic mass is 28.4. The van der Waals surface area contributed by atoms with Crippen molar-refractivity contribution in [2.75, 3.05) is 45.9 Å². The van der Waals surface area contributed by atoms with Crippen molar-refractivity contribution in [1.29, 1.82) is 0 Å². The predicted octanol–water partition coefficient (Wildman–Crippen LogP) is 2.59. The first-order chi connectivity index (χ1) is 13.4.